The lowest BCUT2D eigenvalue weighted by atomic mass is 10.1. The molecule has 0 aromatic heterocycles. The van der Waals surface area contributed by atoms with E-state index >= 15 is 0 Å². The van der Waals surface area contributed by atoms with Gasteiger partial charge in [0.1, 0.15) is 0 Å². The summed E-state index contributed by atoms with van der Waals surface area (Å²) in [5, 5.41) is 9.38. The van der Waals surface area contributed by atoms with E-state index in [2.05, 4.69) is 64.0 Å². The maximum Gasteiger partial charge on any atom is 0.0604 e. The molecule has 1 aliphatic heterocycles. The van der Waals surface area contributed by atoms with Gasteiger partial charge in [-0.3, -0.25) is 4.90 Å². The summed E-state index contributed by atoms with van der Waals surface area (Å²) in [6.45, 7) is 4.32. The van der Waals surface area contributed by atoms with Crippen LogP contribution in [0.3, 0.4) is 0 Å². The molecular weight excluding hydrogens is 280 g/mol. The van der Waals surface area contributed by atoms with Gasteiger partial charge < -0.3 is 10.0 Å². The fourth-order valence-electron chi connectivity index (χ4n) is 2.40. The predicted molar refractivity (Wildman–Crippen MR) is 74.5 cm³/mol. The van der Waals surface area contributed by atoms with Gasteiger partial charge in [-0.2, -0.15) is 0 Å². The van der Waals surface area contributed by atoms with Gasteiger partial charge in [0.15, 0.2) is 0 Å². The number of hydrogen-bond acceptors (Lipinski definition) is 3. The third kappa shape index (κ3) is 2.81. The summed E-state index contributed by atoms with van der Waals surface area (Å²) >= 11 is 3.45. The van der Waals surface area contributed by atoms with E-state index in [1.165, 1.54) is 5.69 Å². The van der Waals surface area contributed by atoms with E-state index in [4.69, 9.17) is 0 Å². The van der Waals surface area contributed by atoms with E-state index < -0.39 is 0 Å². The lowest BCUT2D eigenvalue weighted by Crippen LogP contribution is -2.57. The molecule has 1 N–H and O–H groups in total. The Kier molecular flexibility index (Phi) is 4.07. The van der Waals surface area contributed by atoms with Gasteiger partial charge in [0.05, 0.1) is 12.6 Å². The zero-order chi connectivity index (χ0) is 12.4. The van der Waals surface area contributed by atoms with Crippen molar-refractivity contribution in [2.75, 3.05) is 31.6 Å². The Morgan fingerprint density at radius 1 is 1.29 bits per heavy atom. The minimum atomic E-state index is 0.219. The van der Waals surface area contributed by atoms with Crippen molar-refractivity contribution in [2.24, 2.45) is 0 Å². The van der Waals surface area contributed by atoms with Gasteiger partial charge in [-0.1, -0.05) is 15.9 Å². The van der Waals surface area contributed by atoms with Crippen LogP contribution in [0.4, 0.5) is 5.69 Å². The molecule has 1 heterocycles. The van der Waals surface area contributed by atoms with Gasteiger partial charge in [-0.05, 0) is 38.2 Å². The second-order valence-electron chi connectivity index (χ2n) is 4.75. The summed E-state index contributed by atoms with van der Waals surface area (Å²) in [6, 6.07) is 9.09. The fraction of sp³-hybridized carbons (Fsp3) is 0.538. The zero-order valence-corrected chi connectivity index (χ0v) is 11.9. The standard InChI is InChI=1S/C13H19BrN2O/c1-10-7-15(2)13(9-17)8-16(10)12-5-3-11(14)4-6-12/h3-6,10,13,17H,7-9H2,1-2H3. The third-order valence-electron chi connectivity index (χ3n) is 3.48. The number of aliphatic hydroxyl groups excluding tert-OH is 1. The topological polar surface area (TPSA) is 26.7 Å². The van der Waals surface area contributed by atoms with E-state index in [-0.39, 0.29) is 12.6 Å². The molecule has 94 valence electrons. The first-order valence-corrected chi connectivity index (χ1v) is 6.74. The average Bonchev–Trinajstić information content (AvgIpc) is 2.31. The Balaban J connectivity index is 2.17. The van der Waals surface area contributed by atoms with E-state index in [1.807, 2.05) is 0 Å². The van der Waals surface area contributed by atoms with Crippen molar-refractivity contribution in [1.82, 2.24) is 4.90 Å². The lowest BCUT2D eigenvalue weighted by molar-refractivity contribution is 0.122. The summed E-state index contributed by atoms with van der Waals surface area (Å²) in [7, 11) is 2.08. The number of aliphatic hydroxyl groups is 1. The first-order chi connectivity index (χ1) is 8.11. The number of anilines is 1. The second kappa shape index (κ2) is 5.38. The number of hydrogen-bond donors (Lipinski definition) is 1. The third-order valence-corrected chi connectivity index (χ3v) is 4.01. The first kappa shape index (κ1) is 12.9. The molecule has 0 radical (unpaired) electrons. The zero-order valence-electron chi connectivity index (χ0n) is 10.3. The van der Waals surface area contributed by atoms with Gasteiger partial charge >= 0.3 is 0 Å². The van der Waals surface area contributed by atoms with Crippen LogP contribution in [0.1, 0.15) is 6.92 Å². The smallest absolute Gasteiger partial charge is 0.0604 e. The highest BCUT2D eigenvalue weighted by molar-refractivity contribution is 9.10. The van der Waals surface area contributed by atoms with Gasteiger partial charge in [-0.25, -0.2) is 0 Å². The van der Waals surface area contributed by atoms with Crippen LogP contribution in [0.2, 0.25) is 0 Å². The second-order valence-corrected chi connectivity index (χ2v) is 5.67. The SMILES string of the molecule is CC1CN(C)C(CO)CN1c1ccc(Br)cc1. The fourth-order valence-corrected chi connectivity index (χ4v) is 2.66. The molecule has 1 fully saturated rings. The highest BCUT2D eigenvalue weighted by Crippen LogP contribution is 2.24. The van der Waals surface area contributed by atoms with Crippen molar-refractivity contribution in [2.45, 2.75) is 19.0 Å². The van der Waals surface area contributed by atoms with E-state index in [0.29, 0.717) is 6.04 Å². The molecule has 1 saturated heterocycles. The van der Waals surface area contributed by atoms with Gasteiger partial charge in [0.25, 0.3) is 0 Å². The van der Waals surface area contributed by atoms with Crippen molar-refractivity contribution in [3.8, 4) is 0 Å². The molecule has 0 saturated carbocycles. The molecule has 2 atom stereocenters. The maximum atomic E-state index is 9.38. The molecule has 2 unspecified atom stereocenters. The van der Waals surface area contributed by atoms with Crippen molar-refractivity contribution >= 4 is 21.6 Å². The number of rotatable bonds is 2. The van der Waals surface area contributed by atoms with Gasteiger partial charge in [0, 0.05) is 29.3 Å². The number of likely N-dealkylation sites (N-methyl/N-ethyl adjacent to an activating group) is 1. The van der Waals surface area contributed by atoms with Crippen molar-refractivity contribution in [3.63, 3.8) is 0 Å². The van der Waals surface area contributed by atoms with Crippen molar-refractivity contribution < 1.29 is 5.11 Å². The molecule has 4 heteroatoms. The first-order valence-electron chi connectivity index (χ1n) is 5.95. The average molecular weight is 299 g/mol. The van der Waals surface area contributed by atoms with Crippen LogP contribution in [0.15, 0.2) is 28.7 Å². The molecule has 2 rings (SSSR count). The molecule has 0 spiro atoms. The minimum absolute atomic E-state index is 0.219. The summed E-state index contributed by atoms with van der Waals surface area (Å²) < 4.78 is 1.10. The Morgan fingerprint density at radius 3 is 2.53 bits per heavy atom. The number of nitrogens with zero attached hydrogens (tertiary/aromatic N) is 2. The molecule has 0 aliphatic carbocycles. The number of halogens is 1. The molecule has 1 aromatic carbocycles. The minimum Gasteiger partial charge on any atom is -0.395 e. The van der Waals surface area contributed by atoms with Crippen molar-refractivity contribution in [1.29, 1.82) is 0 Å². The summed E-state index contributed by atoms with van der Waals surface area (Å²) in [5.41, 5.74) is 1.23. The predicted octanol–water partition coefficient (Wildman–Crippen LogP) is 1.95. The Morgan fingerprint density at radius 2 is 1.94 bits per heavy atom. The highest BCUT2D eigenvalue weighted by atomic mass is 79.9. The van der Waals surface area contributed by atoms with Crippen LogP contribution >= 0.6 is 15.9 Å². The maximum absolute atomic E-state index is 9.38. The summed E-state index contributed by atoms with van der Waals surface area (Å²) in [6.07, 6.45) is 0. The van der Waals surface area contributed by atoms with Gasteiger partial charge in [-0.15, -0.1) is 0 Å². The lowest BCUT2D eigenvalue weighted by Gasteiger charge is -2.44. The largest absolute Gasteiger partial charge is 0.395 e. The Hall–Kier alpha value is -0.580. The van der Waals surface area contributed by atoms with E-state index in [9.17, 15) is 5.11 Å². The Labute approximate surface area is 111 Å². The molecule has 17 heavy (non-hydrogen) atoms. The highest BCUT2D eigenvalue weighted by Gasteiger charge is 2.28. The van der Waals surface area contributed by atoms with Crippen LogP contribution in [-0.4, -0.2) is 48.8 Å². The number of benzene rings is 1. The molecule has 3 nitrogen and oxygen atoms in total. The van der Waals surface area contributed by atoms with E-state index in [1.54, 1.807) is 0 Å². The number of piperazine rings is 1. The van der Waals surface area contributed by atoms with Crippen LogP contribution in [0, 0.1) is 0 Å². The normalized spacial score (nSPS) is 26.2. The van der Waals surface area contributed by atoms with Crippen LogP contribution in [0.25, 0.3) is 0 Å². The molecule has 0 bridgehead atoms. The van der Waals surface area contributed by atoms with Crippen LogP contribution < -0.4 is 4.90 Å². The molecule has 1 aliphatic rings. The quantitative estimate of drug-likeness (QED) is 0.904. The molecule has 1 aromatic rings. The summed E-state index contributed by atoms with van der Waals surface area (Å²) in [4.78, 5) is 4.60. The van der Waals surface area contributed by atoms with Crippen LogP contribution in [-0.2, 0) is 0 Å². The summed E-state index contributed by atoms with van der Waals surface area (Å²) in [5.74, 6) is 0. The van der Waals surface area contributed by atoms with Crippen molar-refractivity contribution in [3.05, 3.63) is 28.7 Å². The van der Waals surface area contributed by atoms with E-state index in [0.717, 1.165) is 17.6 Å². The monoisotopic (exact) mass is 298 g/mol. The Bertz CT molecular complexity index is 368. The molecule has 0 amide bonds. The van der Waals surface area contributed by atoms with Gasteiger partial charge in [0.2, 0.25) is 0 Å². The molecular formula is C13H19BrN2O. The van der Waals surface area contributed by atoms with Crippen LogP contribution in [0.5, 0.6) is 0 Å².